The molecule has 1 aromatic rings. The molecule has 0 spiro atoms. The number of aliphatic hydroxyl groups is 1. The first-order valence-electron chi connectivity index (χ1n) is 8.19. The van der Waals surface area contributed by atoms with Crippen molar-refractivity contribution in [1.29, 1.82) is 0 Å². The number of amides is 1. The quantitative estimate of drug-likeness (QED) is 0.745. The van der Waals surface area contributed by atoms with E-state index in [9.17, 15) is 14.7 Å². The molecule has 0 aromatic carbocycles. The maximum absolute atomic E-state index is 12.3. The van der Waals surface area contributed by atoms with Crippen molar-refractivity contribution in [2.75, 3.05) is 6.54 Å². The zero-order chi connectivity index (χ0) is 17.8. The van der Waals surface area contributed by atoms with Crippen LogP contribution in [0.3, 0.4) is 0 Å². The topological polar surface area (TPSA) is 95.1 Å². The first-order chi connectivity index (χ1) is 10.6. The van der Waals surface area contributed by atoms with E-state index in [0.29, 0.717) is 11.5 Å². The van der Waals surface area contributed by atoms with Crippen LogP contribution in [-0.2, 0) is 5.41 Å². The lowest BCUT2D eigenvalue weighted by Crippen LogP contribution is -2.39. The van der Waals surface area contributed by atoms with Crippen LogP contribution in [0.2, 0.25) is 0 Å². The van der Waals surface area contributed by atoms with E-state index in [-0.39, 0.29) is 23.4 Å². The summed E-state index contributed by atoms with van der Waals surface area (Å²) >= 11 is 0. The lowest BCUT2D eigenvalue weighted by Gasteiger charge is -2.21. The van der Waals surface area contributed by atoms with Gasteiger partial charge in [0.15, 0.2) is 0 Å². The second kappa shape index (κ2) is 7.73. The number of aromatic amines is 1. The summed E-state index contributed by atoms with van der Waals surface area (Å²) in [6, 6.07) is 0. The molecule has 0 aliphatic rings. The highest BCUT2D eigenvalue weighted by atomic mass is 16.3. The van der Waals surface area contributed by atoms with Crippen molar-refractivity contribution >= 4 is 5.91 Å². The van der Waals surface area contributed by atoms with Gasteiger partial charge in [-0.2, -0.15) is 0 Å². The van der Waals surface area contributed by atoms with Crippen molar-refractivity contribution in [3.05, 3.63) is 27.4 Å². The van der Waals surface area contributed by atoms with E-state index in [0.717, 1.165) is 12.8 Å². The monoisotopic (exact) mass is 323 g/mol. The molecule has 1 aromatic heterocycles. The standard InChI is InChI=1S/C17H29N3O3/c1-7-11(8-2)12(21)9-18-14(22)13-10(3)19-16(17(4,5)6)20-15(13)23/h11-12,21H,7-9H2,1-6H3,(H,18,22)(H,19,20,23). The Kier molecular flexibility index (Phi) is 6.50. The van der Waals surface area contributed by atoms with Gasteiger partial charge in [0.2, 0.25) is 0 Å². The second-order valence-corrected chi connectivity index (χ2v) is 6.98. The maximum Gasteiger partial charge on any atom is 0.264 e. The van der Waals surface area contributed by atoms with Crippen LogP contribution in [0.15, 0.2) is 4.79 Å². The van der Waals surface area contributed by atoms with Gasteiger partial charge >= 0.3 is 0 Å². The number of aliphatic hydroxyl groups excluding tert-OH is 1. The molecule has 0 saturated carbocycles. The Bertz CT molecular complexity index is 598. The van der Waals surface area contributed by atoms with Crippen LogP contribution in [0.1, 0.15) is 69.3 Å². The Morgan fingerprint density at radius 1 is 1.30 bits per heavy atom. The molecule has 0 fully saturated rings. The van der Waals surface area contributed by atoms with Gasteiger partial charge in [0.05, 0.1) is 11.8 Å². The average Bonchev–Trinajstić information content (AvgIpc) is 2.44. The molecular weight excluding hydrogens is 294 g/mol. The average molecular weight is 323 g/mol. The van der Waals surface area contributed by atoms with Crippen molar-refractivity contribution in [2.24, 2.45) is 5.92 Å². The number of hydrogen-bond acceptors (Lipinski definition) is 4. The highest BCUT2D eigenvalue weighted by molar-refractivity contribution is 5.94. The minimum Gasteiger partial charge on any atom is -0.391 e. The number of carbonyl (C=O) groups excluding carboxylic acids is 1. The van der Waals surface area contributed by atoms with Crippen molar-refractivity contribution in [3.63, 3.8) is 0 Å². The molecule has 3 N–H and O–H groups in total. The predicted octanol–water partition coefficient (Wildman–Crippen LogP) is 1.90. The summed E-state index contributed by atoms with van der Waals surface area (Å²) in [4.78, 5) is 31.5. The van der Waals surface area contributed by atoms with E-state index in [2.05, 4.69) is 15.3 Å². The highest BCUT2D eigenvalue weighted by Crippen LogP contribution is 2.17. The Balaban J connectivity index is 2.91. The molecule has 6 nitrogen and oxygen atoms in total. The summed E-state index contributed by atoms with van der Waals surface area (Å²) in [6.07, 6.45) is 1.07. The molecule has 130 valence electrons. The summed E-state index contributed by atoms with van der Waals surface area (Å²) in [5, 5.41) is 12.7. The lowest BCUT2D eigenvalue weighted by molar-refractivity contribution is 0.0814. The smallest absolute Gasteiger partial charge is 0.264 e. The molecule has 0 aliphatic carbocycles. The Morgan fingerprint density at radius 2 is 1.87 bits per heavy atom. The number of rotatable bonds is 6. The molecule has 1 heterocycles. The fourth-order valence-electron chi connectivity index (χ4n) is 2.49. The van der Waals surface area contributed by atoms with E-state index >= 15 is 0 Å². The van der Waals surface area contributed by atoms with Gasteiger partial charge in [-0.15, -0.1) is 0 Å². The first-order valence-corrected chi connectivity index (χ1v) is 8.19. The summed E-state index contributed by atoms with van der Waals surface area (Å²) in [5.41, 5.74) is -0.343. The number of hydrogen-bond donors (Lipinski definition) is 3. The second-order valence-electron chi connectivity index (χ2n) is 6.98. The summed E-state index contributed by atoms with van der Waals surface area (Å²) in [5.74, 6) is 0.186. The fourth-order valence-corrected chi connectivity index (χ4v) is 2.49. The zero-order valence-corrected chi connectivity index (χ0v) is 15.0. The van der Waals surface area contributed by atoms with Gasteiger partial charge in [0, 0.05) is 12.0 Å². The zero-order valence-electron chi connectivity index (χ0n) is 15.0. The van der Waals surface area contributed by atoms with Gasteiger partial charge in [0.1, 0.15) is 11.4 Å². The highest BCUT2D eigenvalue weighted by Gasteiger charge is 2.23. The van der Waals surface area contributed by atoms with Crippen molar-refractivity contribution < 1.29 is 9.90 Å². The lowest BCUT2D eigenvalue weighted by atomic mass is 9.95. The number of nitrogens with zero attached hydrogens (tertiary/aromatic N) is 1. The summed E-state index contributed by atoms with van der Waals surface area (Å²) in [6.45, 7) is 11.6. The third kappa shape index (κ3) is 4.89. The van der Waals surface area contributed by atoms with E-state index in [1.807, 2.05) is 34.6 Å². The van der Waals surface area contributed by atoms with Gasteiger partial charge in [-0.3, -0.25) is 9.59 Å². The molecule has 1 amide bonds. The Labute approximate surface area is 137 Å². The van der Waals surface area contributed by atoms with Gasteiger partial charge in [0.25, 0.3) is 11.5 Å². The number of nitrogens with one attached hydrogen (secondary N) is 2. The molecular formula is C17H29N3O3. The third-order valence-corrected chi connectivity index (χ3v) is 4.10. The molecule has 0 saturated heterocycles. The van der Waals surface area contributed by atoms with Crippen LogP contribution in [0, 0.1) is 12.8 Å². The third-order valence-electron chi connectivity index (χ3n) is 4.10. The van der Waals surface area contributed by atoms with E-state index in [1.165, 1.54) is 0 Å². The molecule has 1 rings (SSSR count). The van der Waals surface area contributed by atoms with Crippen molar-refractivity contribution in [3.8, 4) is 0 Å². The van der Waals surface area contributed by atoms with Gasteiger partial charge in [-0.05, 0) is 12.8 Å². The van der Waals surface area contributed by atoms with Crippen LogP contribution in [0.4, 0.5) is 0 Å². The molecule has 23 heavy (non-hydrogen) atoms. The molecule has 6 heteroatoms. The van der Waals surface area contributed by atoms with Crippen LogP contribution in [0.5, 0.6) is 0 Å². The largest absolute Gasteiger partial charge is 0.391 e. The minimum absolute atomic E-state index is 0.00902. The summed E-state index contributed by atoms with van der Waals surface area (Å²) in [7, 11) is 0. The van der Waals surface area contributed by atoms with Gasteiger partial charge in [-0.1, -0.05) is 47.5 Å². The van der Waals surface area contributed by atoms with Crippen molar-refractivity contribution in [1.82, 2.24) is 15.3 Å². The minimum atomic E-state index is -0.616. The van der Waals surface area contributed by atoms with E-state index in [1.54, 1.807) is 6.92 Å². The number of carbonyl (C=O) groups is 1. The van der Waals surface area contributed by atoms with E-state index in [4.69, 9.17) is 0 Å². The molecule has 0 radical (unpaired) electrons. The van der Waals surface area contributed by atoms with Crippen LogP contribution < -0.4 is 10.9 Å². The normalized spacial score (nSPS) is 13.2. The molecule has 0 aliphatic heterocycles. The van der Waals surface area contributed by atoms with Crippen LogP contribution in [0.25, 0.3) is 0 Å². The number of H-pyrrole nitrogens is 1. The van der Waals surface area contributed by atoms with Gasteiger partial charge in [-0.25, -0.2) is 4.98 Å². The van der Waals surface area contributed by atoms with Crippen LogP contribution in [-0.4, -0.2) is 33.6 Å². The molecule has 1 unspecified atom stereocenters. The first kappa shape index (κ1) is 19.4. The van der Waals surface area contributed by atoms with Gasteiger partial charge < -0.3 is 15.4 Å². The summed E-state index contributed by atoms with van der Waals surface area (Å²) < 4.78 is 0. The molecule has 0 bridgehead atoms. The number of aromatic nitrogens is 2. The van der Waals surface area contributed by atoms with E-state index < -0.39 is 17.6 Å². The Morgan fingerprint density at radius 3 is 2.30 bits per heavy atom. The maximum atomic E-state index is 12.3. The van der Waals surface area contributed by atoms with Crippen LogP contribution >= 0.6 is 0 Å². The fraction of sp³-hybridized carbons (Fsp3) is 0.706. The Hall–Kier alpha value is -1.69. The number of aryl methyl sites for hydroxylation is 1. The SMILES string of the molecule is CCC(CC)C(O)CNC(=O)c1c(C)nc(C(C)(C)C)[nH]c1=O. The van der Waals surface area contributed by atoms with Crippen molar-refractivity contribution in [2.45, 2.75) is 65.9 Å². The molecule has 1 atom stereocenters. The predicted molar refractivity (Wildman–Crippen MR) is 90.7 cm³/mol.